The first kappa shape index (κ1) is 16.2. The number of rotatable bonds is 1. The molecule has 95 valence electrons. The van der Waals surface area contributed by atoms with E-state index in [1.165, 1.54) is 21.4 Å². The Morgan fingerprint density at radius 2 is 1.21 bits per heavy atom. The molecule has 0 aromatic heterocycles. The molecule has 19 heavy (non-hydrogen) atoms. The Bertz CT molecular complexity index is 596. The van der Waals surface area contributed by atoms with Gasteiger partial charge in [0.1, 0.15) is 0 Å². The first-order chi connectivity index (χ1) is 8.79. The van der Waals surface area contributed by atoms with Crippen molar-refractivity contribution in [3.05, 3.63) is 59.7 Å². The maximum absolute atomic E-state index is 10.5. The van der Waals surface area contributed by atoms with Crippen molar-refractivity contribution in [3.8, 4) is 0 Å². The van der Waals surface area contributed by atoms with Crippen molar-refractivity contribution in [2.75, 3.05) is 0 Å². The second-order valence-corrected chi connectivity index (χ2v) is 6.51. The summed E-state index contributed by atoms with van der Waals surface area (Å²) >= 11 is 1.91. The highest BCUT2D eigenvalue weighted by Crippen LogP contribution is 2.08. The lowest BCUT2D eigenvalue weighted by Gasteiger charge is -1.95. The SMILES string of the molecule is Cc1cc[c]([Mg+2])cc1.Cc1ccc(S(=O)(=O)O)cc1. The summed E-state index contributed by atoms with van der Waals surface area (Å²) in [6.07, 6.45) is 0. The minimum absolute atomic E-state index is 0.0666. The van der Waals surface area contributed by atoms with Gasteiger partial charge in [-0.2, -0.15) is 8.42 Å². The van der Waals surface area contributed by atoms with Crippen molar-refractivity contribution >= 4 is 35.5 Å². The van der Waals surface area contributed by atoms with Gasteiger partial charge in [-0.1, -0.05) is 35.4 Å². The molecular weight excluding hydrogens is 273 g/mol. The topological polar surface area (TPSA) is 54.4 Å². The molecule has 0 aliphatic heterocycles. The Morgan fingerprint density at radius 1 is 0.842 bits per heavy atom. The molecule has 0 fully saturated rings. The molecule has 0 aliphatic rings. The molecule has 0 saturated heterocycles. The normalized spacial score (nSPS) is 10.5. The maximum atomic E-state index is 10.5. The third-order valence-electron chi connectivity index (χ3n) is 2.44. The van der Waals surface area contributed by atoms with Gasteiger partial charge in [0.25, 0.3) is 10.1 Å². The average Bonchev–Trinajstić information content (AvgIpc) is 2.33. The molecule has 0 saturated carbocycles. The van der Waals surface area contributed by atoms with Gasteiger partial charge in [-0.3, -0.25) is 4.55 Å². The molecule has 0 spiro atoms. The lowest BCUT2D eigenvalue weighted by molar-refractivity contribution is 0.483. The molecule has 0 bridgehead atoms. The summed E-state index contributed by atoms with van der Waals surface area (Å²) in [7, 11) is -4.02. The minimum Gasteiger partial charge on any atom is -0.282 e. The van der Waals surface area contributed by atoms with Crippen LogP contribution in [0.3, 0.4) is 0 Å². The standard InChI is InChI=1S/C7H8O3S.C7H7.Mg/c1-6-2-4-7(5-3-6)11(8,9)10;1-7-5-3-2-4-6-7;/h2-5H,1H3,(H,8,9,10);3-6H,1H3;/q;;+2. The highest BCUT2D eigenvalue weighted by atomic mass is 32.2. The molecule has 7 radical (unpaired) electrons. The maximum Gasteiger partial charge on any atom is 1.47 e. The van der Waals surface area contributed by atoms with Gasteiger partial charge in [-0.05, 0) is 26.0 Å². The van der Waals surface area contributed by atoms with Crippen molar-refractivity contribution < 1.29 is 13.0 Å². The molecule has 1 N–H and O–H groups in total. The third-order valence-corrected chi connectivity index (χ3v) is 3.78. The second kappa shape index (κ2) is 7.05. The molecule has 0 amide bonds. The Hall–Kier alpha value is -0.884. The van der Waals surface area contributed by atoms with Crippen LogP contribution in [0.25, 0.3) is 0 Å². The van der Waals surface area contributed by atoms with Crippen LogP contribution >= 0.6 is 0 Å². The quantitative estimate of drug-likeness (QED) is 0.645. The zero-order valence-corrected chi connectivity index (χ0v) is 13.2. The van der Waals surface area contributed by atoms with Gasteiger partial charge in [-0.25, -0.2) is 0 Å². The van der Waals surface area contributed by atoms with Gasteiger partial charge in [0.2, 0.25) is 0 Å². The van der Waals surface area contributed by atoms with Crippen molar-refractivity contribution in [2.45, 2.75) is 18.7 Å². The summed E-state index contributed by atoms with van der Waals surface area (Å²) in [6.45, 7) is 3.94. The zero-order valence-electron chi connectivity index (χ0n) is 11.0. The number of hydrogen-bond donors (Lipinski definition) is 1. The zero-order chi connectivity index (χ0) is 14.5. The lowest BCUT2D eigenvalue weighted by Crippen LogP contribution is -1.98. The van der Waals surface area contributed by atoms with Crippen LogP contribution in [0.5, 0.6) is 0 Å². The molecule has 3 nitrogen and oxygen atoms in total. The number of aryl methyl sites for hydroxylation is 2. The smallest absolute Gasteiger partial charge is 0.282 e. The van der Waals surface area contributed by atoms with E-state index in [-0.39, 0.29) is 4.90 Å². The van der Waals surface area contributed by atoms with E-state index in [4.69, 9.17) is 4.55 Å². The van der Waals surface area contributed by atoms with Crippen molar-refractivity contribution in [3.63, 3.8) is 0 Å². The fraction of sp³-hybridized carbons (Fsp3) is 0.143. The first-order valence-corrected chi connectivity index (χ1v) is 7.86. The summed E-state index contributed by atoms with van der Waals surface area (Å²) in [6, 6.07) is 14.5. The van der Waals surface area contributed by atoms with Gasteiger partial charge in [0, 0.05) is 12.1 Å². The van der Waals surface area contributed by atoms with E-state index in [1.54, 1.807) is 12.1 Å². The highest BCUT2D eigenvalue weighted by molar-refractivity contribution is 7.85. The Morgan fingerprint density at radius 3 is 1.53 bits per heavy atom. The largest absolute Gasteiger partial charge is 1.47 e. The molecule has 5 heteroatoms. The van der Waals surface area contributed by atoms with Gasteiger partial charge in [0.05, 0.1) is 4.90 Å². The summed E-state index contributed by atoms with van der Waals surface area (Å²) in [5.74, 6) is 0. The van der Waals surface area contributed by atoms with Crippen molar-refractivity contribution in [1.29, 1.82) is 0 Å². The molecular formula is C14H15MgO3S+2. The van der Waals surface area contributed by atoms with E-state index >= 15 is 0 Å². The van der Waals surface area contributed by atoms with E-state index < -0.39 is 10.1 Å². The number of benzene rings is 2. The average molecular weight is 288 g/mol. The second-order valence-electron chi connectivity index (χ2n) is 4.27. The van der Waals surface area contributed by atoms with Crippen LogP contribution in [0.4, 0.5) is 0 Å². The molecule has 0 unspecified atom stereocenters. The van der Waals surface area contributed by atoms with E-state index in [9.17, 15) is 8.42 Å². The van der Waals surface area contributed by atoms with Gasteiger partial charge < -0.3 is 0 Å². The molecule has 0 atom stereocenters. The highest BCUT2D eigenvalue weighted by Gasteiger charge is 2.29. The van der Waals surface area contributed by atoms with Crippen LogP contribution in [0, 0.1) is 13.8 Å². The van der Waals surface area contributed by atoms with Crippen LogP contribution in [0.1, 0.15) is 11.1 Å². The predicted octanol–water partition coefficient (Wildman–Crippen LogP) is 2.03. The molecule has 2 rings (SSSR count). The van der Waals surface area contributed by atoms with Crippen molar-refractivity contribution in [2.24, 2.45) is 0 Å². The van der Waals surface area contributed by atoms with E-state index in [0.717, 1.165) is 5.56 Å². The van der Waals surface area contributed by atoms with Gasteiger partial charge in [0.15, 0.2) is 0 Å². The Kier molecular flexibility index (Phi) is 6.00. The molecule has 2 aromatic carbocycles. The molecule has 2 aromatic rings. The van der Waals surface area contributed by atoms with Crippen LogP contribution in [-0.4, -0.2) is 34.7 Å². The first-order valence-electron chi connectivity index (χ1n) is 5.72. The monoisotopic (exact) mass is 287 g/mol. The summed E-state index contributed by atoms with van der Waals surface area (Å²) in [4.78, 5) is -0.0666. The Balaban J connectivity index is 0.000000200. The predicted molar refractivity (Wildman–Crippen MR) is 77.6 cm³/mol. The van der Waals surface area contributed by atoms with Crippen molar-refractivity contribution in [1.82, 2.24) is 0 Å². The fourth-order valence-electron chi connectivity index (χ4n) is 1.30. The van der Waals surface area contributed by atoms with E-state index in [0.29, 0.717) is 0 Å². The lowest BCUT2D eigenvalue weighted by atomic mass is 10.2. The van der Waals surface area contributed by atoms with Gasteiger partial charge in [-0.15, -0.1) is 0 Å². The third kappa shape index (κ3) is 6.20. The van der Waals surface area contributed by atoms with E-state index in [2.05, 4.69) is 31.2 Å². The molecule has 0 heterocycles. The summed E-state index contributed by atoms with van der Waals surface area (Å²) < 4.78 is 30.9. The fourth-order valence-corrected chi connectivity index (χ4v) is 2.01. The van der Waals surface area contributed by atoms with Crippen LogP contribution in [0.15, 0.2) is 53.4 Å². The van der Waals surface area contributed by atoms with Crippen LogP contribution in [0.2, 0.25) is 0 Å². The van der Waals surface area contributed by atoms with Crippen LogP contribution in [-0.2, 0) is 10.1 Å². The summed E-state index contributed by atoms with van der Waals surface area (Å²) in [5.41, 5.74) is 2.29. The Labute approximate surface area is 126 Å². The molecule has 0 aliphatic carbocycles. The van der Waals surface area contributed by atoms with E-state index in [1.807, 2.05) is 28.6 Å². The minimum atomic E-state index is -4.02. The summed E-state index contributed by atoms with van der Waals surface area (Å²) in [5, 5.41) is 0. The van der Waals surface area contributed by atoms with Crippen LogP contribution < -0.4 is 3.69 Å². The number of hydrogen-bond acceptors (Lipinski definition) is 2. The van der Waals surface area contributed by atoms with Gasteiger partial charge >= 0.3 is 25.4 Å².